The third-order valence-corrected chi connectivity index (χ3v) is 6.85. The zero-order valence-electron chi connectivity index (χ0n) is 23.5. The molecule has 1 fully saturated rings. The Morgan fingerprint density at radius 3 is 2.10 bits per heavy atom. The number of likely N-dealkylation sites (N-methyl/N-ethyl adjacent to an activating group) is 2. The highest BCUT2D eigenvalue weighted by Crippen LogP contribution is 2.22. The van der Waals surface area contributed by atoms with Gasteiger partial charge in [-0.2, -0.15) is 0 Å². The molecule has 0 aliphatic carbocycles. The monoisotopic (exact) mass is 555 g/mol. The fourth-order valence-electron chi connectivity index (χ4n) is 4.65. The van der Waals surface area contributed by atoms with E-state index in [1.54, 1.807) is 47.4 Å². The second kappa shape index (κ2) is 13.7. The highest BCUT2D eigenvalue weighted by molar-refractivity contribution is 5.92. The van der Waals surface area contributed by atoms with Gasteiger partial charge in [-0.25, -0.2) is 14.8 Å². The summed E-state index contributed by atoms with van der Waals surface area (Å²) in [5.74, 6) is -0.778. The van der Waals surface area contributed by atoms with Gasteiger partial charge < -0.3 is 29.7 Å². The minimum Gasteiger partial charge on any atom is -0.497 e. The Balaban J connectivity index is 1.73. The maximum Gasteiger partial charge on any atom is 0.334 e. The van der Waals surface area contributed by atoms with Crippen LogP contribution in [0.5, 0.6) is 11.5 Å². The van der Waals surface area contributed by atoms with Crippen molar-refractivity contribution in [2.24, 2.45) is 0 Å². The molecule has 1 aliphatic heterocycles. The molecular formula is C28H37N5O7. The van der Waals surface area contributed by atoms with Crippen molar-refractivity contribution < 1.29 is 33.8 Å². The predicted molar refractivity (Wildman–Crippen MR) is 146 cm³/mol. The van der Waals surface area contributed by atoms with E-state index < -0.39 is 42.4 Å². The van der Waals surface area contributed by atoms with Crippen LogP contribution in [0.2, 0.25) is 0 Å². The summed E-state index contributed by atoms with van der Waals surface area (Å²) in [5.41, 5.74) is 1.81. The van der Waals surface area contributed by atoms with Gasteiger partial charge in [-0.1, -0.05) is 24.3 Å². The number of rotatable bonds is 11. The molecule has 0 saturated carbocycles. The highest BCUT2D eigenvalue weighted by Gasteiger charge is 2.44. The van der Waals surface area contributed by atoms with Crippen molar-refractivity contribution in [1.82, 2.24) is 25.1 Å². The molecule has 1 heterocycles. The van der Waals surface area contributed by atoms with E-state index >= 15 is 0 Å². The first kappa shape index (κ1) is 30.2. The average Bonchev–Trinajstić information content (AvgIpc) is 2.93. The number of carbonyl (C=O) groups excluding carboxylic acids is 3. The summed E-state index contributed by atoms with van der Waals surface area (Å²) in [6.45, 7) is 1.93. The summed E-state index contributed by atoms with van der Waals surface area (Å²) in [6.07, 6.45) is -0.976. The van der Waals surface area contributed by atoms with E-state index in [1.165, 1.54) is 19.8 Å². The lowest BCUT2D eigenvalue weighted by Crippen LogP contribution is -2.69. The van der Waals surface area contributed by atoms with E-state index in [0.717, 1.165) is 16.9 Å². The number of benzene rings is 2. The quantitative estimate of drug-likeness (QED) is 0.429. The Hall–Kier alpha value is -4.32. The average molecular weight is 556 g/mol. The summed E-state index contributed by atoms with van der Waals surface area (Å²) >= 11 is 0. The van der Waals surface area contributed by atoms with Gasteiger partial charge in [0, 0.05) is 27.2 Å². The topological polar surface area (TPSA) is 132 Å². The first-order valence-corrected chi connectivity index (χ1v) is 12.9. The van der Waals surface area contributed by atoms with E-state index in [9.17, 15) is 24.3 Å². The standard InChI is InChI=1S/C28H37N5O7/c1-19-32(24(16-26(35)36)27(37)30(2)15-14-20-6-10-22(39-4)11-7-20)25(34)18-31(3)33(19)28(38)29-17-21-8-12-23(40-5)13-9-21/h6-13,19,24H,14-18H2,1-5H3,(H,29,38)(H,35,36)/t19-,24-/m0/s1. The number of nitrogens with one attached hydrogen (secondary N) is 1. The number of carboxylic acids is 1. The molecule has 2 atom stereocenters. The van der Waals surface area contributed by atoms with E-state index in [1.807, 2.05) is 36.4 Å². The lowest BCUT2D eigenvalue weighted by Gasteiger charge is -2.48. The number of hydrogen-bond acceptors (Lipinski definition) is 7. The number of carbonyl (C=O) groups is 4. The molecule has 3 rings (SSSR count). The summed E-state index contributed by atoms with van der Waals surface area (Å²) in [4.78, 5) is 54.3. The molecule has 1 aliphatic rings. The van der Waals surface area contributed by atoms with Crippen molar-refractivity contribution in [3.8, 4) is 11.5 Å². The molecule has 2 aromatic rings. The van der Waals surface area contributed by atoms with Crippen LogP contribution >= 0.6 is 0 Å². The maximum absolute atomic E-state index is 13.5. The van der Waals surface area contributed by atoms with Gasteiger partial charge in [0.25, 0.3) is 0 Å². The maximum atomic E-state index is 13.5. The van der Waals surface area contributed by atoms with E-state index in [-0.39, 0.29) is 13.1 Å². The van der Waals surface area contributed by atoms with Crippen molar-refractivity contribution in [3.05, 3.63) is 59.7 Å². The minimum atomic E-state index is -1.29. The molecular weight excluding hydrogens is 518 g/mol. The number of nitrogens with zero attached hydrogens (tertiary/aromatic N) is 4. The molecule has 4 amide bonds. The van der Waals surface area contributed by atoms with E-state index in [0.29, 0.717) is 18.7 Å². The Labute approximate surface area is 234 Å². The van der Waals surface area contributed by atoms with Crippen LogP contribution in [0.1, 0.15) is 24.5 Å². The molecule has 0 unspecified atom stereocenters. The first-order chi connectivity index (χ1) is 19.0. The number of methoxy groups -OCH3 is 2. The van der Waals surface area contributed by atoms with Crippen molar-refractivity contribution in [1.29, 1.82) is 0 Å². The molecule has 2 N–H and O–H groups in total. The summed E-state index contributed by atoms with van der Waals surface area (Å²) in [7, 11) is 6.31. The van der Waals surface area contributed by atoms with Crippen LogP contribution in [0.25, 0.3) is 0 Å². The Morgan fingerprint density at radius 1 is 1.02 bits per heavy atom. The van der Waals surface area contributed by atoms with Crippen LogP contribution in [0.4, 0.5) is 4.79 Å². The molecule has 0 radical (unpaired) electrons. The first-order valence-electron chi connectivity index (χ1n) is 12.9. The lowest BCUT2D eigenvalue weighted by atomic mass is 10.1. The zero-order valence-corrected chi connectivity index (χ0v) is 23.5. The highest BCUT2D eigenvalue weighted by atomic mass is 16.5. The van der Waals surface area contributed by atoms with Crippen molar-refractivity contribution in [2.75, 3.05) is 41.4 Å². The smallest absolute Gasteiger partial charge is 0.334 e. The summed E-state index contributed by atoms with van der Waals surface area (Å²) in [5, 5.41) is 15.2. The van der Waals surface area contributed by atoms with Crippen LogP contribution in [-0.2, 0) is 27.3 Å². The molecule has 0 bridgehead atoms. The number of aliphatic carboxylic acids is 1. The summed E-state index contributed by atoms with van der Waals surface area (Å²) in [6, 6.07) is 12.9. The Kier molecular flexibility index (Phi) is 10.3. The Morgan fingerprint density at radius 2 is 1.57 bits per heavy atom. The third-order valence-electron chi connectivity index (χ3n) is 6.85. The van der Waals surface area contributed by atoms with E-state index in [4.69, 9.17) is 9.47 Å². The van der Waals surface area contributed by atoms with Crippen LogP contribution < -0.4 is 14.8 Å². The van der Waals surface area contributed by atoms with Gasteiger partial charge in [0.2, 0.25) is 11.8 Å². The second-order valence-corrected chi connectivity index (χ2v) is 9.57. The van der Waals surface area contributed by atoms with Crippen LogP contribution in [0.15, 0.2) is 48.5 Å². The molecule has 0 aromatic heterocycles. The SMILES string of the molecule is COc1ccc(CCN(C)C(=O)[C@H](CC(=O)O)N2C(=O)CN(C)N(C(=O)NCc3ccc(OC)cc3)[C@H]2C)cc1. The molecule has 12 heteroatoms. The van der Waals surface area contributed by atoms with Crippen LogP contribution in [0, 0.1) is 0 Å². The van der Waals surface area contributed by atoms with Crippen LogP contribution in [-0.4, -0.2) is 102 Å². The number of amides is 4. The van der Waals surface area contributed by atoms with Gasteiger partial charge in [0.05, 0.1) is 27.2 Å². The second-order valence-electron chi connectivity index (χ2n) is 9.57. The normalized spacial score (nSPS) is 16.3. The fourth-order valence-corrected chi connectivity index (χ4v) is 4.65. The lowest BCUT2D eigenvalue weighted by molar-refractivity contribution is -0.173. The number of hydrazine groups is 1. The molecule has 40 heavy (non-hydrogen) atoms. The number of hydrogen-bond donors (Lipinski definition) is 2. The largest absolute Gasteiger partial charge is 0.497 e. The van der Waals surface area contributed by atoms with Crippen molar-refractivity contribution in [2.45, 2.75) is 38.5 Å². The van der Waals surface area contributed by atoms with Gasteiger partial charge in [-0.15, -0.1) is 0 Å². The molecule has 0 spiro atoms. The minimum absolute atomic E-state index is 0.195. The predicted octanol–water partition coefficient (Wildman–Crippen LogP) is 1.79. The van der Waals surface area contributed by atoms with Gasteiger partial charge in [-0.3, -0.25) is 14.4 Å². The molecule has 2 aromatic carbocycles. The van der Waals surface area contributed by atoms with Crippen molar-refractivity contribution in [3.63, 3.8) is 0 Å². The number of carboxylic acid groups (broad SMARTS) is 1. The summed E-state index contributed by atoms with van der Waals surface area (Å²) < 4.78 is 10.3. The number of ether oxygens (including phenoxy) is 2. The Bertz CT molecular complexity index is 1190. The molecule has 1 saturated heterocycles. The van der Waals surface area contributed by atoms with E-state index in [2.05, 4.69) is 5.32 Å². The zero-order chi connectivity index (χ0) is 29.4. The van der Waals surface area contributed by atoms with Crippen LogP contribution in [0.3, 0.4) is 0 Å². The van der Waals surface area contributed by atoms with Gasteiger partial charge in [0.15, 0.2) is 0 Å². The van der Waals surface area contributed by atoms with Gasteiger partial charge in [-0.05, 0) is 48.7 Å². The molecule has 216 valence electrons. The van der Waals surface area contributed by atoms with Crippen molar-refractivity contribution >= 4 is 23.8 Å². The number of urea groups is 1. The fraction of sp³-hybridized carbons (Fsp3) is 0.429. The van der Waals surface area contributed by atoms with Gasteiger partial charge >= 0.3 is 12.0 Å². The molecule has 12 nitrogen and oxygen atoms in total. The third kappa shape index (κ3) is 7.41. The van der Waals surface area contributed by atoms with Gasteiger partial charge in [0.1, 0.15) is 23.7 Å².